The summed E-state index contributed by atoms with van der Waals surface area (Å²) < 4.78 is 0. The monoisotopic (exact) mass is 284 g/mol. The van der Waals surface area contributed by atoms with Crippen molar-refractivity contribution in [2.24, 2.45) is 5.41 Å². The van der Waals surface area contributed by atoms with Crippen molar-refractivity contribution in [3.63, 3.8) is 0 Å². The highest BCUT2D eigenvalue weighted by molar-refractivity contribution is 5.27. The molecule has 2 aliphatic heterocycles. The first-order valence-electron chi connectivity index (χ1n) is 7.22. The summed E-state index contributed by atoms with van der Waals surface area (Å²) in [6.45, 7) is 6.26. The Morgan fingerprint density at radius 3 is 1.71 bits per heavy atom. The van der Waals surface area contributed by atoms with Crippen molar-refractivity contribution < 1.29 is 0 Å². The van der Waals surface area contributed by atoms with Crippen LogP contribution in [-0.2, 0) is 0 Å². The summed E-state index contributed by atoms with van der Waals surface area (Å²) in [4.78, 5) is 0. The molecule has 4 heteroatoms. The van der Waals surface area contributed by atoms with Crippen molar-refractivity contribution in [3.8, 4) is 0 Å². The summed E-state index contributed by atoms with van der Waals surface area (Å²) >= 11 is 0. The van der Waals surface area contributed by atoms with E-state index in [1.54, 1.807) is 0 Å². The predicted octanol–water partition coefficient (Wildman–Crippen LogP) is 2.22. The van der Waals surface area contributed by atoms with Crippen molar-refractivity contribution in [1.82, 2.24) is 21.3 Å². The van der Waals surface area contributed by atoms with Crippen molar-refractivity contribution in [2.45, 2.75) is 13.8 Å². The van der Waals surface area contributed by atoms with Crippen molar-refractivity contribution in [2.75, 3.05) is 13.1 Å². The van der Waals surface area contributed by atoms with Gasteiger partial charge in [0.05, 0.1) is 11.4 Å². The maximum Gasteiger partial charge on any atom is 0.0539 e. The van der Waals surface area contributed by atoms with Crippen molar-refractivity contribution >= 4 is 0 Å². The van der Waals surface area contributed by atoms with E-state index < -0.39 is 0 Å². The quantitative estimate of drug-likeness (QED) is 0.604. The SMILES string of the molecule is CC(C)(CN/C=C1/C=CC=CN1)CN/C=C1/C=CC=CN1. The Balaban J connectivity index is 1.71. The van der Waals surface area contributed by atoms with Gasteiger partial charge in [-0.3, -0.25) is 0 Å². The Bertz CT molecular complexity index is 473. The lowest BCUT2D eigenvalue weighted by Gasteiger charge is -2.25. The normalized spacial score (nSPS) is 20.5. The minimum atomic E-state index is 0.149. The van der Waals surface area contributed by atoms with Gasteiger partial charge in [0.15, 0.2) is 0 Å². The molecule has 0 aromatic carbocycles. The fourth-order valence-electron chi connectivity index (χ4n) is 1.93. The first-order chi connectivity index (χ1) is 10.2. The van der Waals surface area contributed by atoms with E-state index in [-0.39, 0.29) is 5.41 Å². The summed E-state index contributed by atoms with van der Waals surface area (Å²) in [5.41, 5.74) is 2.30. The van der Waals surface area contributed by atoms with Crippen LogP contribution < -0.4 is 21.3 Å². The van der Waals surface area contributed by atoms with Gasteiger partial charge in [0.25, 0.3) is 0 Å². The molecular formula is C17H24N4. The topological polar surface area (TPSA) is 48.1 Å². The van der Waals surface area contributed by atoms with Gasteiger partial charge in [-0.05, 0) is 29.7 Å². The van der Waals surface area contributed by atoms with Crippen LogP contribution in [0.15, 0.2) is 72.7 Å². The highest BCUT2D eigenvalue weighted by atomic mass is 14.9. The van der Waals surface area contributed by atoms with Crippen LogP contribution in [0.25, 0.3) is 0 Å². The van der Waals surface area contributed by atoms with E-state index in [4.69, 9.17) is 0 Å². The summed E-state index contributed by atoms with van der Waals surface area (Å²) in [7, 11) is 0. The van der Waals surface area contributed by atoms with Gasteiger partial charge in [-0.1, -0.05) is 26.0 Å². The largest absolute Gasteiger partial charge is 0.389 e. The fraction of sp³-hybridized carbons (Fsp3) is 0.294. The van der Waals surface area contributed by atoms with Crippen LogP contribution in [0.3, 0.4) is 0 Å². The molecule has 0 radical (unpaired) electrons. The standard InChI is InChI=1S/C17H24N4/c1-17(2,13-18-11-15-7-3-5-9-20-15)14-19-12-16-8-4-6-10-21-16/h3-12,18-21H,13-14H2,1-2H3/b15-11-,16-12-. The zero-order valence-electron chi connectivity index (χ0n) is 12.7. The Morgan fingerprint density at radius 2 is 1.33 bits per heavy atom. The molecule has 0 amide bonds. The molecule has 4 N–H and O–H groups in total. The third-order valence-electron chi connectivity index (χ3n) is 3.14. The minimum Gasteiger partial charge on any atom is -0.389 e. The number of nitrogens with one attached hydrogen (secondary N) is 4. The average molecular weight is 284 g/mol. The Kier molecular flexibility index (Phi) is 5.32. The van der Waals surface area contributed by atoms with Gasteiger partial charge < -0.3 is 21.3 Å². The van der Waals surface area contributed by atoms with Gasteiger partial charge in [0.2, 0.25) is 0 Å². The van der Waals surface area contributed by atoms with E-state index in [2.05, 4.69) is 35.1 Å². The highest BCUT2D eigenvalue weighted by Gasteiger charge is 2.16. The average Bonchev–Trinajstić information content (AvgIpc) is 2.49. The lowest BCUT2D eigenvalue weighted by atomic mass is 9.93. The van der Waals surface area contributed by atoms with Gasteiger partial charge in [0.1, 0.15) is 0 Å². The van der Waals surface area contributed by atoms with Crippen LogP contribution >= 0.6 is 0 Å². The molecule has 0 aromatic rings. The van der Waals surface area contributed by atoms with E-state index >= 15 is 0 Å². The van der Waals surface area contributed by atoms with E-state index in [1.165, 1.54) is 0 Å². The second kappa shape index (κ2) is 7.43. The van der Waals surface area contributed by atoms with E-state index in [0.717, 1.165) is 24.5 Å². The third-order valence-corrected chi connectivity index (χ3v) is 3.14. The van der Waals surface area contributed by atoms with Crippen LogP contribution in [-0.4, -0.2) is 13.1 Å². The van der Waals surface area contributed by atoms with Crippen LogP contribution in [0.2, 0.25) is 0 Å². The highest BCUT2D eigenvalue weighted by Crippen LogP contribution is 2.12. The molecule has 4 nitrogen and oxygen atoms in total. The lowest BCUT2D eigenvalue weighted by molar-refractivity contribution is 0.350. The van der Waals surface area contributed by atoms with Crippen molar-refractivity contribution in [3.05, 3.63) is 72.7 Å². The van der Waals surface area contributed by atoms with Gasteiger partial charge in [0, 0.05) is 37.9 Å². The summed E-state index contributed by atoms with van der Waals surface area (Å²) in [6.07, 6.45) is 19.9. The minimum absolute atomic E-state index is 0.149. The van der Waals surface area contributed by atoms with Gasteiger partial charge in [-0.25, -0.2) is 0 Å². The maximum atomic E-state index is 3.37. The number of dihydropyridines is 2. The molecule has 112 valence electrons. The second-order valence-corrected chi connectivity index (χ2v) is 5.85. The van der Waals surface area contributed by atoms with Crippen LogP contribution in [0, 0.1) is 5.41 Å². The molecule has 2 aliphatic rings. The van der Waals surface area contributed by atoms with E-state index in [1.807, 2.05) is 61.3 Å². The Morgan fingerprint density at radius 1 is 0.857 bits per heavy atom. The first-order valence-corrected chi connectivity index (χ1v) is 7.22. The zero-order valence-corrected chi connectivity index (χ0v) is 12.7. The van der Waals surface area contributed by atoms with Gasteiger partial charge in [-0.15, -0.1) is 0 Å². The molecule has 0 fully saturated rings. The molecule has 0 atom stereocenters. The molecule has 0 bridgehead atoms. The number of hydrogen-bond donors (Lipinski definition) is 4. The smallest absolute Gasteiger partial charge is 0.0539 e. The molecule has 0 saturated heterocycles. The maximum absolute atomic E-state index is 3.37. The van der Waals surface area contributed by atoms with E-state index in [0.29, 0.717) is 0 Å². The van der Waals surface area contributed by atoms with Crippen LogP contribution in [0.4, 0.5) is 0 Å². The third kappa shape index (κ3) is 5.65. The zero-order chi connectivity index (χ0) is 15.0. The Labute approximate surface area is 127 Å². The second-order valence-electron chi connectivity index (χ2n) is 5.85. The van der Waals surface area contributed by atoms with Crippen LogP contribution in [0.5, 0.6) is 0 Å². The molecule has 21 heavy (non-hydrogen) atoms. The molecule has 2 heterocycles. The fourth-order valence-corrected chi connectivity index (χ4v) is 1.93. The predicted molar refractivity (Wildman–Crippen MR) is 88.8 cm³/mol. The number of rotatable bonds is 6. The molecular weight excluding hydrogens is 260 g/mol. The van der Waals surface area contributed by atoms with Gasteiger partial charge >= 0.3 is 0 Å². The lowest BCUT2D eigenvalue weighted by Crippen LogP contribution is -2.35. The molecule has 0 spiro atoms. The molecule has 0 unspecified atom stereocenters. The molecule has 0 aliphatic carbocycles. The number of allylic oxidation sites excluding steroid dienone is 6. The van der Waals surface area contributed by atoms with Gasteiger partial charge in [-0.2, -0.15) is 0 Å². The summed E-state index contributed by atoms with van der Waals surface area (Å²) in [5.74, 6) is 0. The summed E-state index contributed by atoms with van der Waals surface area (Å²) in [6, 6.07) is 0. The Hall–Kier alpha value is -2.36. The van der Waals surface area contributed by atoms with Crippen LogP contribution in [0.1, 0.15) is 13.8 Å². The number of hydrogen-bond acceptors (Lipinski definition) is 4. The summed E-state index contributed by atoms with van der Waals surface area (Å²) in [5, 5.41) is 13.1. The van der Waals surface area contributed by atoms with Crippen molar-refractivity contribution in [1.29, 1.82) is 0 Å². The first kappa shape index (κ1) is 15.0. The van der Waals surface area contributed by atoms with E-state index in [9.17, 15) is 0 Å². The molecule has 2 rings (SSSR count). The molecule has 0 aromatic heterocycles. The molecule has 0 saturated carbocycles.